The molecule has 1 saturated heterocycles. The standard InChI is InChI=1S/C15H17FN2O3/c16-12-6-11-9(8-19)5-15(21)17-13(11)7-14(12)18-3-1-10(20)2-4-18/h5-7,10,19-20H,1-4,8H2,(H,17,21). The van der Waals surface area contributed by atoms with Gasteiger partial charge < -0.3 is 20.1 Å². The van der Waals surface area contributed by atoms with Gasteiger partial charge in [-0.25, -0.2) is 4.39 Å². The van der Waals surface area contributed by atoms with Crippen molar-refractivity contribution in [2.75, 3.05) is 18.0 Å². The van der Waals surface area contributed by atoms with E-state index in [4.69, 9.17) is 0 Å². The molecule has 0 saturated carbocycles. The van der Waals surface area contributed by atoms with Gasteiger partial charge in [0.1, 0.15) is 5.82 Å². The van der Waals surface area contributed by atoms with Gasteiger partial charge in [0.25, 0.3) is 0 Å². The van der Waals surface area contributed by atoms with Crippen molar-refractivity contribution in [3.63, 3.8) is 0 Å². The molecular formula is C15H17FN2O3. The Kier molecular flexibility index (Phi) is 3.65. The molecule has 0 spiro atoms. The summed E-state index contributed by atoms with van der Waals surface area (Å²) in [7, 11) is 0. The van der Waals surface area contributed by atoms with E-state index in [-0.39, 0.29) is 24.1 Å². The smallest absolute Gasteiger partial charge is 0.248 e. The van der Waals surface area contributed by atoms with Crippen LogP contribution in [0.5, 0.6) is 0 Å². The molecule has 1 aromatic heterocycles. The summed E-state index contributed by atoms with van der Waals surface area (Å²) in [6.07, 6.45) is 0.876. The molecule has 1 fully saturated rings. The number of aromatic amines is 1. The Bertz CT molecular complexity index is 721. The molecule has 0 bridgehead atoms. The fraction of sp³-hybridized carbons (Fsp3) is 0.400. The molecule has 0 aliphatic carbocycles. The first-order valence-corrected chi connectivity index (χ1v) is 6.98. The maximum Gasteiger partial charge on any atom is 0.248 e. The minimum atomic E-state index is -0.388. The molecule has 3 rings (SSSR count). The van der Waals surface area contributed by atoms with Crippen LogP contribution in [0.3, 0.4) is 0 Å². The topological polar surface area (TPSA) is 76.6 Å². The van der Waals surface area contributed by atoms with Gasteiger partial charge in [0, 0.05) is 24.5 Å². The highest BCUT2D eigenvalue weighted by Gasteiger charge is 2.20. The van der Waals surface area contributed by atoms with Crippen molar-refractivity contribution >= 4 is 16.6 Å². The monoisotopic (exact) mass is 292 g/mol. The van der Waals surface area contributed by atoms with E-state index in [1.54, 1.807) is 6.07 Å². The van der Waals surface area contributed by atoms with Crippen molar-refractivity contribution < 1.29 is 14.6 Å². The van der Waals surface area contributed by atoms with Crippen LogP contribution in [0.2, 0.25) is 0 Å². The van der Waals surface area contributed by atoms with Gasteiger partial charge >= 0.3 is 0 Å². The van der Waals surface area contributed by atoms with Crippen LogP contribution in [-0.4, -0.2) is 34.4 Å². The van der Waals surface area contributed by atoms with Crippen LogP contribution in [0.4, 0.5) is 10.1 Å². The number of aromatic nitrogens is 1. The lowest BCUT2D eigenvalue weighted by Crippen LogP contribution is -2.36. The normalized spacial score (nSPS) is 16.6. The number of aliphatic hydroxyl groups is 2. The van der Waals surface area contributed by atoms with Gasteiger partial charge in [-0.15, -0.1) is 0 Å². The number of anilines is 1. The molecule has 21 heavy (non-hydrogen) atoms. The molecule has 2 aromatic rings. The van der Waals surface area contributed by atoms with Crippen LogP contribution in [0, 0.1) is 5.82 Å². The fourth-order valence-corrected chi connectivity index (χ4v) is 2.82. The molecule has 5 nitrogen and oxygen atoms in total. The SMILES string of the molecule is O=c1cc(CO)c2cc(F)c(N3CCC(O)CC3)cc2[nH]1. The van der Waals surface area contributed by atoms with Crippen LogP contribution in [0.15, 0.2) is 23.0 Å². The van der Waals surface area contributed by atoms with Crippen molar-refractivity contribution in [3.05, 3.63) is 39.9 Å². The molecule has 112 valence electrons. The number of pyridine rings is 1. The highest BCUT2D eigenvalue weighted by molar-refractivity contribution is 5.85. The lowest BCUT2D eigenvalue weighted by molar-refractivity contribution is 0.145. The van der Waals surface area contributed by atoms with E-state index >= 15 is 0 Å². The Hall–Kier alpha value is -1.92. The summed E-state index contributed by atoms with van der Waals surface area (Å²) in [5.74, 6) is -0.388. The first-order chi connectivity index (χ1) is 10.1. The number of H-pyrrole nitrogens is 1. The van der Waals surface area contributed by atoms with Crippen molar-refractivity contribution in [1.82, 2.24) is 4.98 Å². The third-order valence-corrected chi connectivity index (χ3v) is 3.97. The van der Waals surface area contributed by atoms with E-state index in [9.17, 15) is 19.4 Å². The summed E-state index contributed by atoms with van der Waals surface area (Å²) in [6.45, 7) is 0.843. The van der Waals surface area contributed by atoms with E-state index in [0.717, 1.165) is 0 Å². The van der Waals surface area contributed by atoms with Crippen molar-refractivity contribution in [2.24, 2.45) is 0 Å². The summed E-state index contributed by atoms with van der Waals surface area (Å²) >= 11 is 0. The zero-order chi connectivity index (χ0) is 15.0. The Morgan fingerprint density at radius 2 is 2.00 bits per heavy atom. The molecule has 1 aromatic carbocycles. The molecule has 2 heterocycles. The summed E-state index contributed by atoms with van der Waals surface area (Å²) in [5.41, 5.74) is 1.01. The quantitative estimate of drug-likeness (QED) is 0.775. The number of aliphatic hydroxyl groups excluding tert-OH is 2. The number of nitrogens with one attached hydrogen (secondary N) is 1. The van der Waals surface area contributed by atoms with Crippen LogP contribution >= 0.6 is 0 Å². The number of halogens is 1. The Labute approximate surface area is 120 Å². The van der Waals surface area contributed by atoms with Gasteiger partial charge in [-0.1, -0.05) is 0 Å². The van der Waals surface area contributed by atoms with E-state index in [1.165, 1.54) is 12.1 Å². The van der Waals surface area contributed by atoms with E-state index in [2.05, 4.69) is 4.98 Å². The molecular weight excluding hydrogens is 275 g/mol. The van der Waals surface area contributed by atoms with Crippen molar-refractivity contribution in [3.8, 4) is 0 Å². The molecule has 0 unspecified atom stereocenters. The summed E-state index contributed by atoms with van der Waals surface area (Å²) in [5, 5.41) is 19.3. The first kappa shape index (κ1) is 14.0. The van der Waals surface area contributed by atoms with E-state index in [1.807, 2.05) is 4.90 Å². The first-order valence-electron chi connectivity index (χ1n) is 6.98. The highest BCUT2D eigenvalue weighted by atomic mass is 19.1. The highest BCUT2D eigenvalue weighted by Crippen LogP contribution is 2.28. The Morgan fingerprint density at radius 3 is 2.67 bits per heavy atom. The molecule has 3 N–H and O–H groups in total. The number of piperidine rings is 1. The van der Waals surface area contributed by atoms with E-state index < -0.39 is 0 Å². The van der Waals surface area contributed by atoms with Gasteiger partial charge in [-0.2, -0.15) is 0 Å². The van der Waals surface area contributed by atoms with Crippen molar-refractivity contribution in [1.29, 1.82) is 0 Å². The third kappa shape index (κ3) is 2.64. The lowest BCUT2D eigenvalue weighted by Gasteiger charge is -2.31. The molecule has 0 amide bonds. The summed E-state index contributed by atoms with van der Waals surface area (Å²) < 4.78 is 14.3. The number of hydrogen-bond acceptors (Lipinski definition) is 4. The Morgan fingerprint density at radius 1 is 1.29 bits per heavy atom. The second kappa shape index (κ2) is 5.46. The zero-order valence-corrected chi connectivity index (χ0v) is 11.5. The molecule has 1 aliphatic heterocycles. The number of fused-ring (bicyclic) bond motifs is 1. The van der Waals surface area contributed by atoms with Crippen molar-refractivity contribution in [2.45, 2.75) is 25.6 Å². The number of hydrogen-bond donors (Lipinski definition) is 3. The van der Waals surface area contributed by atoms with Gasteiger partial charge in [0.2, 0.25) is 5.56 Å². The average Bonchev–Trinajstić information content (AvgIpc) is 2.47. The zero-order valence-electron chi connectivity index (χ0n) is 11.5. The largest absolute Gasteiger partial charge is 0.393 e. The predicted molar refractivity (Wildman–Crippen MR) is 77.9 cm³/mol. The van der Waals surface area contributed by atoms with Gasteiger partial charge in [-0.3, -0.25) is 4.79 Å². The average molecular weight is 292 g/mol. The summed E-state index contributed by atoms with van der Waals surface area (Å²) in [6, 6.07) is 4.22. The minimum Gasteiger partial charge on any atom is -0.393 e. The second-order valence-electron chi connectivity index (χ2n) is 5.38. The van der Waals surface area contributed by atoms with Crippen LogP contribution < -0.4 is 10.5 Å². The molecule has 1 aliphatic rings. The van der Waals surface area contributed by atoms with Crippen LogP contribution in [-0.2, 0) is 6.61 Å². The molecule has 0 radical (unpaired) electrons. The maximum absolute atomic E-state index is 14.3. The maximum atomic E-state index is 14.3. The van der Waals surface area contributed by atoms with Gasteiger partial charge in [0.15, 0.2) is 0 Å². The van der Waals surface area contributed by atoms with Crippen LogP contribution in [0.25, 0.3) is 10.9 Å². The Balaban J connectivity index is 2.08. The number of rotatable bonds is 2. The van der Waals surface area contributed by atoms with Crippen LogP contribution in [0.1, 0.15) is 18.4 Å². The number of benzene rings is 1. The summed E-state index contributed by atoms with van der Waals surface area (Å²) in [4.78, 5) is 16.1. The molecule has 6 heteroatoms. The lowest BCUT2D eigenvalue weighted by atomic mass is 10.0. The second-order valence-corrected chi connectivity index (χ2v) is 5.38. The third-order valence-electron chi connectivity index (χ3n) is 3.97. The molecule has 0 atom stereocenters. The predicted octanol–water partition coefficient (Wildman–Crippen LogP) is 1.12. The van der Waals surface area contributed by atoms with E-state index in [0.29, 0.717) is 48.1 Å². The fourth-order valence-electron chi connectivity index (χ4n) is 2.82. The minimum absolute atomic E-state index is 0.310. The van der Waals surface area contributed by atoms with Gasteiger partial charge in [0.05, 0.1) is 23.9 Å². The van der Waals surface area contributed by atoms with Gasteiger partial charge in [-0.05, 0) is 30.5 Å². The number of nitrogens with zero attached hydrogens (tertiary/aromatic N) is 1.